The largest absolute Gasteiger partial charge is 0.427 e. The Morgan fingerprint density at radius 2 is 1.77 bits per heavy atom. The number of hydrazone groups is 1. The lowest BCUT2D eigenvalue weighted by atomic mass is 10.1. The van der Waals surface area contributed by atoms with E-state index in [2.05, 4.69) is 15.5 Å². The number of benzene rings is 1. The van der Waals surface area contributed by atoms with Gasteiger partial charge in [-0.25, -0.2) is 15.2 Å². The predicted molar refractivity (Wildman–Crippen MR) is 108 cm³/mol. The number of ether oxygens (including phenoxy) is 1. The minimum Gasteiger partial charge on any atom is -0.427 e. The van der Waals surface area contributed by atoms with Gasteiger partial charge in [0, 0.05) is 21.0 Å². The normalized spacial score (nSPS) is 11.5. The molecule has 1 aromatic carbocycles. The molecule has 0 bridgehead atoms. The number of esters is 1. The number of hydrogen-bond donors (Lipinski definition) is 1. The molecule has 11 heteroatoms. The van der Waals surface area contributed by atoms with Crippen LogP contribution in [-0.4, -0.2) is 36.3 Å². The van der Waals surface area contributed by atoms with Crippen molar-refractivity contribution in [1.29, 1.82) is 0 Å². The van der Waals surface area contributed by atoms with E-state index in [1.165, 1.54) is 36.5 Å². The van der Waals surface area contributed by atoms with Gasteiger partial charge in [0.05, 0.1) is 12.0 Å². The lowest BCUT2D eigenvalue weighted by Crippen LogP contribution is -2.38. The summed E-state index contributed by atoms with van der Waals surface area (Å²) in [4.78, 5) is 51.7. The number of hydrogen-bond acceptors (Lipinski definition) is 7. The number of imidazole rings is 1. The molecule has 2 heterocycles. The molecule has 156 valence electrons. The fourth-order valence-electron chi connectivity index (χ4n) is 2.85. The molecule has 0 saturated heterocycles. The molecule has 0 saturated carbocycles. The zero-order chi connectivity index (χ0) is 22.0. The van der Waals surface area contributed by atoms with Gasteiger partial charge in [-0.3, -0.25) is 23.5 Å². The summed E-state index contributed by atoms with van der Waals surface area (Å²) in [6.45, 7) is 2.82. The van der Waals surface area contributed by atoms with Crippen molar-refractivity contribution in [3.05, 3.63) is 57.0 Å². The summed E-state index contributed by atoms with van der Waals surface area (Å²) < 4.78 is 8.54. The summed E-state index contributed by atoms with van der Waals surface area (Å²) in [5.74, 6) is -0.477. The highest BCUT2D eigenvalue weighted by molar-refractivity contribution is 5.99. The van der Waals surface area contributed by atoms with E-state index in [1.807, 2.05) is 0 Å². The van der Waals surface area contributed by atoms with E-state index in [9.17, 15) is 19.2 Å². The second kappa shape index (κ2) is 8.15. The van der Waals surface area contributed by atoms with Gasteiger partial charge in [0.2, 0.25) is 0 Å². The summed E-state index contributed by atoms with van der Waals surface area (Å²) in [6.07, 6.45) is 1.33. The van der Waals surface area contributed by atoms with Crippen LogP contribution in [0.1, 0.15) is 19.4 Å². The van der Waals surface area contributed by atoms with Crippen LogP contribution in [0.25, 0.3) is 11.2 Å². The van der Waals surface area contributed by atoms with Crippen LogP contribution in [0.2, 0.25) is 0 Å². The van der Waals surface area contributed by atoms with E-state index in [1.54, 1.807) is 31.2 Å². The molecule has 3 aromatic rings. The average Bonchev–Trinajstić information content (AvgIpc) is 3.12. The van der Waals surface area contributed by atoms with Crippen LogP contribution in [-0.2, 0) is 30.2 Å². The third kappa shape index (κ3) is 4.04. The van der Waals surface area contributed by atoms with E-state index >= 15 is 0 Å². The lowest BCUT2D eigenvalue weighted by Gasteiger charge is -2.07. The van der Waals surface area contributed by atoms with Crippen LogP contribution >= 0.6 is 0 Å². The highest BCUT2D eigenvalue weighted by Crippen LogP contribution is 2.13. The molecule has 30 heavy (non-hydrogen) atoms. The maximum Gasteiger partial charge on any atom is 0.332 e. The first-order valence-electron chi connectivity index (χ1n) is 8.92. The molecule has 0 fully saturated rings. The number of fused-ring (bicyclic) bond motifs is 1. The Morgan fingerprint density at radius 1 is 1.10 bits per heavy atom. The Bertz CT molecular complexity index is 1280. The number of rotatable bonds is 5. The van der Waals surface area contributed by atoms with Crippen molar-refractivity contribution >= 4 is 28.8 Å². The first-order chi connectivity index (χ1) is 14.2. The molecule has 0 aliphatic carbocycles. The van der Waals surface area contributed by atoms with E-state index < -0.39 is 23.1 Å². The molecule has 0 aliphatic rings. The van der Waals surface area contributed by atoms with Crippen molar-refractivity contribution in [3.8, 4) is 5.75 Å². The highest BCUT2D eigenvalue weighted by Gasteiger charge is 2.15. The summed E-state index contributed by atoms with van der Waals surface area (Å²) >= 11 is 0. The number of nitrogens with one attached hydrogen (secondary N) is 1. The number of aromatic nitrogens is 4. The van der Waals surface area contributed by atoms with Crippen molar-refractivity contribution in [3.63, 3.8) is 0 Å². The van der Waals surface area contributed by atoms with E-state index in [0.717, 1.165) is 10.1 Å². The molecule has 0 aliphatic heterocycles. The molecule has 11 nitrogen and oxygen atoms in total. The molecule has 0 atom stereocenters. The van der Waals surface area contributed by atoms with Gasteiger partial charge in [-0.1, -0.05) is 0 Å². The fourth-order valence-corrected chi connectivity index (χ4v) is 2.85. The van der Waals surface area contributed by atoms with Crippen molar-refractivity contribution in [1.82, 2.24) is 24.1 Å². The molecule has 0 radical (unpaired) electrons. The molecule has 2 aromatic heterocycles. The summed E-state index contributed by atoms with van der Waals surface area (Å²) in [5, 5.41) is 4.05. The Kier molecular flexibility index (Phi) is 5.63. The standard InChI is InChI=1S/C19H20N6O5/c1-11(13-5-7-14(8-6-13)30-12(2)26)21-22-15(27)9-25-10-20-17-16(25)18(28)24(4)19(29)23(17)3/h5-8,10H,9H2,1-4H3,(H,22,27). The topological polar surface area (TPSA) is 130 Å². The van der Waals surface area contributed by atoms with E-state index in [0.29, 0.717) is 11.5 Å². The summed E-state index contributed by atoms with van der Waals surface area (Å²) in [6, 6.07) is 6.65. The molecular formula is C19H20N6O5. The van der Waals surface area contributed by atoms with Gasteiger partial charge in [0.15, 0.2) is 11.2 Å². The first-order valence-corrected chi connectivity index (χ1v) is 8.92. The fraction of sp³-hybridized carbons (Fsp3) is 0.263. The van der Waals surface area contributed by atoms with Crippen molar-refractivity contribution in [2.45, 2.75) is 20.4 Å². The van der Waals surface area contributed by atoms with Crippen LogP contribution in [0.5, 0.6) is 5.75 Å². The molecule has 0 unspecified atom stereocenters. The van der Waals surface area contributed by atoms with Crippen LogP contribution in [0, 0.1) is 0 Å². The Balaban J connectivity index is 1.75. The SMILES string of the molecule is CC(=O)Oc1ccc(C(C)=NNC(=O)Cn2cnc3c2c(=O)n(C)c(=O)n3C)cc1. The quantitative estimate of drug-likeness (QED) is 0.270. The first kappa shape index (κ1) is 20.7. The molecule has 3 rings (SSSR count). The third-order valence-corrected chi connectivity index (χ3v) is 4.41. The molecule has 0 spiro atoms. The van der Waals surface area contributed by atoms with Gasteiger partial charge >= 0.3 is 11.7 Å². The van der Waals surface area contributed by atoms with Crippen molar-refractivity contribution < 1.29 is 14.3 Å². The lowest BCUT2D eigenvalue weighted by molar-refractivity contribution is -0.131. The molecular weight excluding hydrogens is 392 g/mol. The minimum absolute atomic E-state index is 0.150. The van der Waals surface area contributed by atoms with Crippen molar-refractivity contribution in [2.75, 3.05) is 0 Å². The van der Waals surface area contributed by atoms with Gasteiger partial charge < -0.3 is 9.30 Å². The second-order valence-electron chi connectivity index (χ2n) is 6.60. The van der Waals surface area contributed by atoms with E-state index in [4.69, 9.17) is 4.74 Å². The highest BCUT2D eigenvalue weighted by atomic mass is 16.5. The zero-order valence-corrected chi connectivity index (χ0v) is 16.9. The molecule has 1 amide bonds. The summed E-state index contributed by atoms with van der Waals surface area (Å²) in [7, 11) is 2.86. The Morgan fingerprint density at radius 3 is 2.40 bits per heavy atom. The van der Waals surface area contributed by atoms with Crippen LogP contribution in [0.15, 0.2) is 45.3 Å². The average molecular weight is 412 g/mol. The van der Waals surface area contributed by atoms with Crippen molar-refractivity contribution in [2.24, 2.45) is 19.2 Å². The number of amides is 1. The van der Waals surface area contributed by atoms with Gasteiger partial charge in [0.25, 0.3) is 11.5 Å². The minimum atomic E-state index is -0.536. The molecule has 1 N–H and O–H groups in total. The Hall–Kier alpha value is -4.02. The van der Waals surface area contributed by atoms with Gasteiger partial charge in [-0.05, 0) is 36.8 Å². The number of aryl methyl sites for hydroxylation is 1. The van der Waals surface area contributed by atoms with Gasteiger partial charge in [0.1, 0.15) is 12.3 Å². The van der Waals surface area contributed by atoms with Gasteiger partial charge in [-0.2, -0.15) is 5.10 Å². The number of carbonyl (C=O) groups excluding carboxylic acids is 2. The number of nitrogens with zero attached hydrogens (tertiary/aromatic N) is 5. The monoisotopic (exact) mass is 412 g/mol. The van der Waals surface area contributed by atoms with Crippen LogP contribution in [0.4, 0.5) is 0 Å². The predicted octanol–water partition coefficient (Wildman–Crippen LogP) is -0.101. The summed E-state index contributed by atoms with van der Waals surface area (Å²) in [5.41, 5.74) is 3.00. The maximum absolute atomic E-state index is 12.4. The third-order valence-electron chi connectivity index (χ3n) is 4.41. The second-order valence-corrected chi connectivity index (χ2v) is 6.60. The van der Waals surface area contributed by atoms with E-state index in [-0.39, 0.29) is 17.7 Å². The maximum atomic E-state index is 12.4. The smallest absolute Gasteiger partial charge is 0.332 e. The number of carbonyl (C=O) groups is 2. The van der Waals surface area contributed by atoms with Crippen LogP contribution in [0.3, 0.4) is 0 Å². The zero-order valence-electron chi connectivity index (χ0n) is 16.9. The Labute approximate surface area is 170 Å². The van der Waals surface area contributed by atoms with Crippen LogP contribution < -0.4 is 21.4 Å². The van der Waals surface area contributed by atoms with Gasteiger partial charge in [-0.15, -0.1) is 0 Å².